The lowest BCUT2D eigenvalue weighted by Gasteiger charge is -2.60. The van der Waals surface area contributed by atoms with Crippen LogP contribution in [0.2, 0.25) is 0 Å². The van der Waals surface area contributed by atoms with E-state index in [1.807, 2.05) is 0 Å². The number of nitrogens with zero attached hydrogens (tertiary/aromatic N) is 12. The zero-order chi connectivity index (χ0) is 53.7. The number of rotatable bonds is 18. The van der Waals surface area contributed by atoms with Crippen molar-refractivity contribution in [3.63, 3.8) is 0 Å². The topological polar surface area (TPSA) is 172 Å². The summed E-state index contributed by atoms with van der Waals surface area (Å²) in [6.45, 7) is -2.25. The maximum atomic E-state index is 16.0. The molecule has 8 aliphatic rings. The minimum atomic E-state index is -6.99. The maximum absolute atomic E-state index is 16.0. The van der Waals surface area contributed by atoms with E-state index < -0.39 is 108 Å². The molecule has 0 atom stereocenters. The molecule has 8 fully saturated rings. The van der Waals surface area contributed by atoms with Crippen molar-refractivity contribution in [3.05, 3.63) is 36.4 Å². The van der Waals surface area contributed by atoms with Crippen LogP contribution in [0.5, 0.6) is 24.0 Å². The largest absolute Gasteiger partial charge is 0.467 e. The van der Waals surface area contributed by atoms with Gasteiger partial charge in [0.1, 0.15) is 0 Å². The molecule has 0 N–H and O–H groups in total. The van der Waals surface area contributed by atoms with E-state index in [9.17, 15) is 26.3 Å². The van der Waals surface area contributed by atoms with Crippen LogP contribution in [0.3, 0.4) is 0 Å². The van der Waals surface area contributed by atoms with E-state index in [2.05, 4.69) is 49.8 Å². The lowest BCUT2D eigenvalue weighted by Crippen LogP contribution is -2.60. The quantitative estimate of drug-likeness (QED) is 0.0861. The molecule has 0 aromatic carbocycles. The summed E-state index contributed by atoms with van der Waals surface area (Å²) < 4.78 is 227. The second-order valence-corrected chi connectivity index (χ2v) is 20.6. The fourth-order valence-electron chi connectivity index (χ4n) is 13.3. The van der Waals surface area contributed by atoms with Gasteiger partial charge in [0.05, 0.1) is 49.9 Å². The van der Waals surface area contributed by atoms with E-state index in [4.69, 9.17) is 18.9 Å². The van der Waals surface area contributed by atoms with Crippen LogP contribution >= 0.6 is 0 Å². The summed E-state index contributed by atoms with van der Waals surface area (Å²) >= 11 is 0. The Labute approximate surface area is 416 Å². The Morgan fingerprint density at radius 3 is 1.04 bits per heavy atom. The molecule has 4 aromatic rings. The van der Waals surface area contributed by atoms with Crippen molar-refractivity contribution in [2.24, 2.45) is 35.5 Å². The fourth-order valence-corrected chi connectivity index (χ4v) is 13.3. The molecule has 8 aliphatic carbocycles. The number of halogens is 14. The van der Waals surface area contributed by atoms with E-state index in [1.165, 1.54) is 16.7 Å². The summed E-state index contributed by atoms with van der Waals surface area (Å²) in [4.78, 5) is 39.9. The Hall–Kier alpha value is -6.00. The zero-order valence-electron chi connectivity index (χ0n) is 39.7. The van der Waals surface area contributed by atoms with Gasteiger partial charge in [0.15, 0.2) is 13.2 Å². The molecule has 4 heterocycles. The summed E-state index contributed by atoms with van der Waals surface area (Å²) in [7, 11) is 1.08. The first-order valence-electron chi connectivity index (χ1n) is 24.0. The molecule has 0 saturated heterocycles. The van der Waals surface area contributed by atoms with Crippen molar-refractivity contribution in [2.45, 2.75) is 131 Å². The standard InChI is InChI=1S/C45H46F14N12O4/c1-3-73-35-65-33(67-37(69-35)75-21-41(49,50)51)71(39-13-25-7-26(14-39)9-27(8-25)15-39)29-18-62-31(63-19-29)43(54,55)45(58,59)44(56,57)42(52,53)30-60-16-28(17-61-30)70(38-10-22-4-23(11-38)6-24(5-22)12-38)32-64-34(72-2)68-36(66-32)74-20-40(46,47)48/h16-19,22-27H,3-15,20-21H2,1-2H3. The second-order valence-electron chi connectivity index (χ2n) is 20.6. The van der Waals surface area contributed by atoms with Crippen molar-refractivity contribution >= 4 is 23.3 Å². The van der Waals surface area contributed by atoms with Gasteiger partial charge in [-0.05, 0) is 119 Å². The molecule has 75 heavy (non-hydrogen) atoms. The van der Waals surface area contributed by atoms with Crippen LogP contribution < -0.4 is 28.7 Å². The number of aromatic nitrogens is 10. The van der Waals surface area contributed by atoms with E-state index in [1.54, 1.807) is 0 Å². The smallest absolute Gasteiger partial charge is 0.422 e. The number of hydrogen-bond donors (Lipinski definition) is 0. The molecule has 0 radical (unpaired) electrons. The van der Waals surface area contributed by atoms with Crippen molar-refractivity contribution < 1.29 is 80.4 Å². The molecule has 0 aliphatic heterocycles. The molecule has 408 valence electrons. The monoisotopic (exact) mass is 1080 g/mol. The SMILES string of the molecule is CCOc1nc(OCC(F)(F)F)nc(N(c2cnc(C(F)(F)C(F)(F)C(F)(F)C(F)(F)c3ncc(N(c4nc(OC)nc(OCC(F)(F)F)n4)C45CC6CC(CC(C6)C4)C5)cn3)nc2)C23CC4CC(CC(C4)C2)C3)n1. The summed E-state index contributed by atoms with van der Waals surface area (Å²) in [5, 5.41) is 0. The predicted octanol–water partition coefficient (Wildman–Crippen LogP) is 10.3. The van der Waals surface area contributed by atoms with Crippen LogP contribution in [-0.4, -0.2) is 112 Å². The van der Waals surface area contributed by atoms with Gasteiger partial charge in [-0.15, -0.1) is 9.97 Å². The number of alkyl halides is 14. The van der Waals surface area contributed by atoms with Crippen LogP contribution in [0, 0.1) is 35.5 Å². The Morgan fingerprint density at radius 2 is 0.747 bits per heavy atom. The van der Waals surface area contributed by atoms with Gasteiger partial charge in [0.2, 0.25) is 23.5 Å². The summed E-state index contributed by atoms with van der Waals surface area (Å²) in [5.74, 6) is -31.2. The van der Waals surface area contributed by atoms with E-state index in [0.29, 0.717) is 63.3 Å². The van der Waals surface area contributed by atoms with Crippen molar-refractivity contribution in [2.75, 3.05) is 36.7 Å². The van der Waals surface area contributed by atoms with Gasteiger partial charge in [-0.2, -0.15) is 81.4 Å². The molecular formula is C45H46F14N12O4. The predicted molar refractivity (Wildman–Crippen MR) is 228 cm³/mol. The summed E-state index contributed by atoms with van der Waals surface area (Å²) in [6.07, 6.45) is -0.0363. The highest BCUT2D eigenvalue weighted by Gasteiger charge is 2.83. The first-order valence-corrected chi connectivity index (χ1v) is 24.0. The molecule has 12 rings (SSSR count). The van der Waals surface area contributed by atoms with Gasteiger partial charge in [0, 0.05) is 11.1 Å². The highest BCUT2D eigenvalue weighted by Crippen LogP contribution is 2.62. The minimum Gasteiger partial charge on any atom is -0.467 e. The van der Waals surface area contributed by atoms with Gasteiger partial charge in [-0.3, -0.25) is 0 Å². The Balaban J connectivity index is 0.964. The molecule has 0 amide bonds. The van der Waals surface area contributed by atoms with Crippen molar-refractivity contribution in [1.82, 2.24) is 49.8 Å². The van der Waals surface area contributed by atoms with Gasteiger partial charge >= 0.3 is 60.1 Å². The number of methoxy groups -OCH3 is 1. The number of hydrogen-bond acceptors (Lipinski definition) is 16. The van der Waals surface area contributed by atoms with Crippen LogP contribution in [0.1, 0.15) is 95.6 Å². The van der Waals surface area contributed by atoms with Crippen molar-refractivity contribution in [1.29, 1.82) is 0 Å². The van der Waals surface area contributed by atoms with E-state index in [-0.39, 0.29) is 53.5 Å². The van der Waals surface area contributed by atoms with Crippen molar-refractivity contribution in [3.8, 4) is 24.0 Å². The third kappa shape index (κ3) is 9.56. The summed E-state index contributed by atoms with van der Waals surface area (Å²) in [6, 6.07) is -2.75. The molecule has 4 aromatic heterocycles. The lowest BCUT2D eigenvalue weighted by atomic mass is 9.52. The molecule has 0 unspecified atom stereocenters. The lowest BCUT2D eigenvalue weighted by molar-refractivity contribution is -0.377. The molecule has 8 saturated carbocycles. The fraction of sp³-hybridized carbons (Fsp3) is 0.689. The Morgan fingerprint density at radius 1 is 0.453 bits per heavy atom. The minimum absolute atomic E-state index is 0.0873. The zero-order valence-corrected chi connectivity index (χ0v) is 39.7. The molecule has 8 bridgehead atoms. The molecule has 0 spiro atoms. The third-order valence-corrected chi connectivity index (χ3v) is 15.2. The highest BCUT2D eigenvalue weighted by atomic mass is 19.4. The van der Waals surface area contributed by atoms with E-state index in [0.717, 1.165) is 45.6 Å². The maximum Gasteiger partial charge on any atom is 0.422 e. The number of anilines is 4. The third-order valence-electron chi connectivity index (χ3n) is 15.2. The van der Waals surface area contributed by atoms with Gasteiger partial charge in [0.25, 0.3) is 0 Å². The van der Waals surface area contributed by atoms with Gasteiger partial charge < -0.3 is 28.7 Å². The summed E-state index contributed by atoms with van der Waals surface area (Å²) in [5.41, 5.74) is -2.58. The first kappa shape index (κ1) is 52.4. The average molecular weight is 1080 g/mol. The van der Waals surface area contributed by atoms with E-state index >= 15 is 35.1 Å². The molecule has 30 heteroatoms. The normalized spacial score (nSPS) is 27.4. The van der Waals surface area contributed by atoms with Crippen LogP contribution in [-0.2, 0) is 11.8 Å². The average Bonchev–Trinajstić information content (AvgIpc) is 3.32. The Bertz CT molecular complexity index is 2670. The number of ether oxygens (including phenoxy) is 4. The molecular weight excluding hydrogens is 1040 g/mol. The van der Waals surface area contributed by atoms with Crippen LogP contribution in [0.15, 0.2) is 24.8 Å². The van der Waals surface area contributed by atoms with Gasteiger partial charge in [-0.25, -0.2) is 19.9 Å². The second kappa shape index (κ2) is 18.3. The first-order chi connectivity index (χ1) is 35.1. The Kier molecular flexibility index (Phi) is 12.8. The van der Waals surface area contributed by atoms with Crippen LogP contribution in [0.4, 0.5) is 84.7 Å². The highest BCUT2D eigenvalue weighted by molar-refractivity contribution is 5.61. The molecule has 16 nitrogen and oxygen atoms in total. The van der Waals surface area contributed by atoms with Gasteiger partial charge in [-0.1, -0.05) is 0 Å². The van der Waals surface area contributed by atoms with Crippen LogP contribution in [0.25, 0.3) is 0 Å².